The highest BCUT2D eigenvalue weighted by Crippen LogP contribution is 2.14. The highest BCUT2D eigenvalue weighted by molar-refractivity contribution is 7.92. The van der Waals surface area contributed by atoms with Crippen LogP contribution in [0.25, 0.3) is 0 Å². The number of hydrogen-bond acceptors (Lipinski definition) is 4. The molecule has 0 saturated heterocycles. The molecule has 0 aliphatic rings. The lowest BCUT2D eigenvalue weighted by molar-refractivity contribution is -0.137. The molecule has 0 saturated carbocycles. The third-order valence-corrected chi connectivity index (χ3v) is 5.02. The van der Waals surface area contributed by atoms with E-state index in [4.69, 9.17) is 5.11 Å². The van der Waals surface area contributed by atoms with Gasteiger partial charge in [0.1, 0.15) is 0 Å². The maximum atomic E-state index is 12.0. The lowest BCUT2D eigenvalue weighted by atomic mass is 10.1. The molecule has 1 aromatic rings. The summed E-state index contributed by atoms with van der Waals surface area (Å²) in [6.45, 7) is 3.05. The number of hydrogen-bond donors (Lipinski definition) is 1. The van der Waals surface area contributed by atoms with Gasteiger partial charge in [-0.25, -0.2) is 8.42 Å². The molecule has 0 amide bonds. The van der Waals surface area contributed by atoms with Crippen LogP contribution in [0.5, 0.6) is 0 Å². The smallest absolute Gasteiger partial charge is 0.322 e. The summed E-state index contributed by atoms with van der Waals surface area (Å²) in [7, 11) is -3.80. The first-order valence-electron chi connectivity index (χ1n) is 5.85. The van der Waals surface area contributed by atoms with Crippen LogP contribution in [0.3, 0.4) is 0 Å². The summed E-state index contributed by atoms with van der Waals surface area (Å²) in [4.78, 5) is 22.4. The Bertz CT molecular complexity index is 603. The van der Waals surface area contributed by atoms with Crippen molar-refractivity contribution < 1.29 is 18.3 Å². The second-order valence-electron chi connectivity index (χ2n) is 4.60. The number of rotatable bonds is 6. The van der Waals surface area contributed by atoms with E-state index < -0.39 is 27.0 Å². The number of pyridine rings is 1. The second-order valence-corrected chi connectivity index (χ2v) is 6.84. The Morgan fingerprint density at radius 2 is 2.00 bits per heavy atom. The van der Waals surface area contributed by atoms with Gasteiger partial charge >= 0.3 is 5.97 Å². The van der Waals surface area contributed by atoms with E-state index in [-0.39, 0.29) is 17.9 Å². The van der Waals surface area contributed by atoms with Crippen molar-refractivity contribution in [3.8, 4) is 0 Å². The van der Waals surface area contributed by atoms with Crippen LogP contribution >= 0.6 is 0 Å². The Labute approximate surface area is 111 Å². The average molecular weight is 287 g/mol. The molecule has 0 aromatic carbocycles. The number of aryl methyl sites for hydroxylation is 1. The van der Waals surface area contributed by atoms with Gasteiger partial charge in [-0.2, -0.15) is 0 Å². The van der Waals surface area contributed by atoms with E-state index in [0.717, 1.165) is 0 Å². The number of aromatic nitrogens is 1. The van der Waals surface area contributed by atoms with Gasteiger partial charge in [0.2, 0.25) is 0 Å². The van der Waals surface area contributed by atoms with E-state index in [1.54, 1.807) is 26.0 Å². The Morgan fingerprint density at radius 1 is 1.37 bits per heavy atom. The Morgan fingerprint density at radius 3 is 2.47 bits per heavy atom. The summed E-state index contributed by atoms with van der Waals surface area (Å²) in [5.41, 5.74) is -0.311. The van der Waals surface area contributed by atoms with Crippen molar-refractivity contribution in [2.24, 2.45) is 5.92 Å². The van der Waals surface area contributed by atoms with Gasteiger partial charge < -0.3 is 9.67 Å². The van der Waals surface area contributed by atoms with Gasteiger partial charge in [0.05, 0.1) is 5.75 Å². The lowest BCUT2D eigenvalue weighted by Crippen LogP contribution is -2.38. The van der Waals surface area contributed by atoms with Crippen LogP contribution in [0.2, 0.25) is 0 Å². The monoisotopic (exact) mass is 287 g/mol. The first-order chi connectivity index (χ1) is 8.75. The molecule has 1 aromatic heterocycles. The summed E-state index contributed by atoms with van der Waals surface area (Å²) in [6.07, 6.45) is 1.48. The predicted octanol–water partition coefficient (Wildman–Crippen LogP) is 0.372. The molecule has 1 unspecified atom stereocenters. The largest absolute Gasteiger partial charge is 0.480 e. The third kappa shape index (κ3) is 3.92. The normalized spacial score (nSPS) is 13.4. The quantitative estimate of drug-likeness (QED) is 0.816. The minimum Gasteiger partial charge on any atom is -0.480 e. The van der Waals surface area contributed by atoms with Crippen LogP contribution in [0, 0.1) is 5.92 Å². The number of sulfone groups is 1. The van der Waals surface area contributed by atoms with Gasteiger partial charge in [0.25, 0.3) is 5.56 Å². The zero-order valence-corrected chi connectivity index (χ0v) is 11.6. The molecule has 1 atom stereocenters. The molecular weight excluding hydrogens is 270 g/mol. The van der Waals surface area contributed by atoms with Gasteiger partial charge in [-0.15, -0.1) is 0 Å². The van der Waals surface area contributed by atoms with Crippen molar-refractivity contribution >= 4 is 15.8 Å². The Hall–Kier alpha value is -1.63. The summed E-state index contributed by atoms with van der Waals surface area (Å²) in [6, 6.07) is 4.50. The fourth-order valence-corrected chi connectivity index (χ4v) is 3.69. The van der Waals surface area contributed by atoms with E-state index >= 15 is 0 Å². The fraction of sp³-hybridized carbons (Fsp3) is 0.500. The molecule has 0 radical (unpaired) electrons. The molecule has 1 heterocycles. The zero-order valence-electron chi connectivity index (χ0n) is 10.8. The standard InChI is InChI=1S/C12H17NO5S/c1-9(2)11(12(15)16)19(17,18)8-7-13-6-4-3-5-10(13)14/h3-6,9,11H,7-8H2,1-2H3,(H,15,16). The van der Waals surface area contributed by atoms with Crippen molar-refractivity contribution in [3.05, 3.63) is 34.7 Å². The maximum absolute atomic E-state index is 12.0. The molecule has 0 aliphatic heterocycles. The molecule has 19 heavy (non-hydrogen) atoms. The topological polar surface area (TPSA) is 93.4 Å². The molecule has 0 aliphatic carbocycles. The molecule has 106 valence electrons. The summed E-state index contributed by atoms with van der Waals surface area (Å²) in [5.74, 6) is -2.24. The molecule has 0 bridgehead atoms. The number of carbonyl (C=O) groups is 1. The van der Waals surface area contributed by atoms with Crippen LogP contribution in [-0.4, -0.2) is 35.1 Å². The van der Waals surface area contributed by atoms with E-state index in [1.807, 2.05) is 0 Å². The van der Waals surface area contributed by atoms with Crippen LogP contribution < -0.4 is 5.56 Å². The third-order valence-electron chi connectivity index (χ3n) is 2.75. The van der Waals surface area contributed by atoms with Crippen molar-refractivity contribution in [1.29, 1.82) is 0 Å². The number of carboxylic acids is 1. The molecular formula is C12H17NO5S. The van der Waals surface area contributed by atoms with Gasteiger partial charge in [-0.3, -0.25) is 9.59 Å². The molecule has 6 nitrogen and oxygen atoms in total. The van der Waals surface area contributed by atoms with Crippen molar-refractivity contribution in [3.63, 3.8) is 0 Å². The summed E-state index contributed by atoms with van der Waals surface area (Å²) < 4.78 is 25.3. The molecule has 7 heteroatoms. The molecule has 1 rings (SSSR count). The van der Waals surface area contributed by atoms with E-state index in [1.165, 1.54) is 16.8 Å². The zero-order chi connectivity index (χ0) is 14.6. The summed E-state index contributed by atoms with van der Waals surface area (Å²) in [5, 5.41) is 7.55. The molecule has 0 spiro atoms. The van der Waals surface area contributed by atoms with Crippen molar-refractivity contribution in [1.82, 2.24) is 4.57 Å². The van der Waals surface area contributed by atoms with Crippen LogP contribution in [0.15, 0.2) is 29.2 Å². The van der Waals surface area contributed by atoms with Gasteiger partial charge in [-0.1, -0.05) is 19.9 Å². The predicted molar refractivity (Wildman–Crippen MR) is 70.8 cm³/mol. The number of carboxylic acid groups (broad SMARTS) is 1. The SMILES string of the molecule is CC(C)C(C(=O)O)S(=O)(=O)CCn1ccccc1=O. The van der Waals surface area contributed by atoms with E-state index in [0.29, 0.717) is 0 Å². The highest BCUT2D eigenvalue weighted by atomic mass is 32.2. The van der Waals surface area contributed by atoms with E-state index in [9.17, 15) is 18.0 Å². The minimum absolute atomic E-state index is 0.0431. The van der Waals surface area contributed by atoms with Crippen LogP contribution in [0.4, 0.5) is 0 Å². The molecule has 0 fully saturated rings. The van der Waals surface area contributed by atoms with Gasteiger partial charge in [-0.05, 0) is 12.0 Å². The first kappa shape index (κ1) is 15.4. The average Bonchev–Trinajstić information content (AvgIpc) is 2.26. The second kappa shape index (κ2) is 6.01. The van der Waals surface area contributed by atoms with Crippen LogP contribution in [0.1, 0.15) is 13.8 Å². The Kier molecular flexibility index (Phi) is 4.88. The highest BCUT2D eigenvalue weighted by Gasteiger charge is 2.34. The van der Waals surface area contributed by atoms with E-state index in [2.05, 4.69) is 0 Å². The first-order valence-corrected chi connectivity index (χ1v) is 7.57. The van der Waals surface area contributed by atoms with Crippen molar-refractivity contribution in [2.75, 3.05) is 5.75 Å². The number of nitrogens with zero attached hydrogens (tertiary/aromatic N) is 1. The maximum Gasteiger partial charge on any atom is 0.322 e. The van der Waals surface area contributed by atoms with Crippen molar-refractivity contribution in [2.45, 2.75) is 25.6 Å². The fourth-order valence-electron chi connectivity index (χ4n) is 1.85. The molecule has 1 N–H and O–H groups in total. The van der Waals surface area contributed by atoms with Crippen LogP contribution in [-0.2, 0) is 21.2 Å². The summed E-state index contributed by atoms with van der Waals surface area (Å²) >= 11 is 0. The van der Waals surface area contributed by atoms with Gasteiger partial charge in [0, 0.05) is 18.8 Å². The lowest BCUT2D eigenvalue weighted by Gasteiger charge is -2.17. The minimum atomic E-state index is -3.80. The number of aliphatic carboxylic acids is 1. The Balaban J connectivity index is 2.89. The van der Waals surface area contributed by atoms with Gasteiger partial charge in [0.15, 0.2) is 15.1 Å².